The summed E-state index contributed by atoms with van der Waals surface area (Å²) in [5.74, 6) is -2.92. The van der Waals surface area contributed by atoms with Gasteiger partial charge in [-0.05, 0) is 24.3 Å². The molecule has 0 saturated carbocycles. The molecule has 1 aromatic heterocycles. The second kappa shape index (κ2) is 7.72. The highest BCUT2D eigenvalue weighted by atomic mass is 16.5. The van der Waals surface area contributed by atoms with Crippen molar-refractivity contribution in [3.63, 3.8) is 0 Å². The van der Waals surface area contributed by atoms with Crippen molar-refractivity contribution in [2.75, 3.05) is 0 Å². The molecule has 0 saturated heterocycles. The standard InChI is InChI=1S/C19H15N3O6/c23-15(22-28)9-14-16(10-3-1-5-12(7-10)18(24)25)20-21-17(14)11-4-2-6-13(8-11)19(26)27/h1-8,28H,9H2,(H,20,21)(H,22,23)(H,24,25)(H,26,27). The van der Waals surface area contributed by atoms with Crippen LogP contribution in [0.15, 0.2) is 48.5 Å². The molecule has 0 bridgehead atoms. The predicted octanol–water partition coefficient (Wildman–Crippen LogP) is 2.19. The maximum absolute atomic E-state index is 11.8. The van der Waals surface area contributed by atoms with Gasteiger partial charge in [-0.3, -0.25) is 15.1 Å². The van der Waals surface area contributed by atoms with E-state index in [1.54, 1.807) is 29.7 Å². The first-order valence-corrected chi connectivity index (χ1v) is 8.08. The van der Waals surface area contributed by atoms with Gasteiger partial charge in [0.25, 0.3) is 0 Å². The molecule has 0 aliphatic heterocycles. The lowest BCUT2D eigenvalue weighted by atomic mass is 9.97. The molecule has 0 atom stereocenters. The average Bonchev–Trinajstić information content (AvgIpc) is 3.11. The number of aromatic nitrogens is 2. The largest absolute Gasteiger partial charge is 0.478 e. The van der Waals surface area contributed by atoms with Crippen molar-refractivity contribution in [3.8, 4) is 22.5 Å². The Labute approximate surface area is 158 Å². The molecule has 9 heteroatoms. The number of hydrogen-bond donors (Lipinski definition) is 5. The first kappa shape index (κ1) is 18.8. The molecule has 0 fully saturated rings. The quantitative estimate of drug-likeness (QED) is 0.324. The molecule has 0 spiro atoms. The third-order valence-electron chi connectivity index (χ3n) is 4.11. The number of hydroxylamine groups is 1. The molecule has 2 aromatic carbocycles. The van der Waals surface area contributed by atoms with Crippen LogP contribution in [0.2, 0.25) is 0 Å². The van der Waals surface area contributed by atoms with Gasteiger partial charge in [0.05, 0.1) is 28.9 Å². The summed E-state index contributed by atoms with van der Waals surface area (Å²) in [5, 5.41) is 34.3. The number of H-pyrrole nitrogens is 1. The topological polar surface area (TPSA) is 153 Å². The molecule has 0 aliphatic rings. The number of nitrogens with zero attached hydrogens (tertiary/aromatic N) is 1. The zero-order valence-electron chi connectivity index (χ0n) is 14.3. The lowest BCUT2D eigenvalue weighted by molar-refractivity contribution is -0.128. The monoisotopic (exact) mass is 381 g/mol. The Morgan fingerprint density at radius 3 is 2.07 bits per heavy atom. The van der Waals surface area contributed by atoms with Gasteiger partial charge in [-0.2, -0.15) is 5.10 Å². The lowest BCUT2D eigenvalue weighted by Crippen LogP contribution is -2.21. The number of rotatable bonds is 6. The van der Waals surface area contributed by atoms with Gasteiger partial charge in [-0.25, -0.2) is 15.1 Å². The van der Waals surface area contributed by atoms with Crippen molar-refractivity contribution in [2.45, 2.75) is 6.42 Å². The summed E-state index contributed by atoms with van der Waals surface area (Å²) in [6, 6.07) is 12.1. The van der Waals surface area contributed by atoms with Crippen LogP contribution >= 0.6 is 0 Å². The fraction of sp³-hybridized carbons (Fsp3) is 0.0526. The van der Waals surface area contributed by atoms with Crippen LogP contribution in [0.1, 0.15) is 26.3 Å². The molecule has 5 N–H and O–H groups in total. The number of carbonyl (C=O) groups is 3. The van der Waals surface area contributed by atoms with Crippen molar-refractivity contribution < 1.29 is 29.8 Å². The summed E-state index contributed by atoms with van der Waals surface area (Å²) < 4.78 is 0. The fourth-order valence-corrected chi connectivity index (χ4v) is 2.82. The summed E-state index contributed by atoms with van der Waals surface area (Å²) in [6.07, 6.45) is -0.258. The first-order chi connectivity index (χ1) is 13.4. The summed E-state index contributed by atoms with van der Waals surface area (Å²) >= 11 is 0. The molecular weight excluding hydrogens is 366 g/mol. The Balaban J connectivity index is 2.16. The van der Waals surface area contributed by atoms with Gasteiger partial charge in [-0.1, -0.05) is 24.3 Å². The van der Waals surface area contributed by atoms with E-state index < -0.39 is 17.8 Å². The molecule has 9 nitrogen and oxygen atoms in total. The molecule has 3 rings (SSSR count). The highest BCUT2D eigenvalue weighted by Crippen LogP contribution is 2.31. The van der Waals surface area contributed by atoms with Gasteiger partial charge in [0.2, 0.25) is 5.91 Å². The number of carbonyl (C=O) groups excluding carboxylic acids is 1. The van der Waals surface area contributed by atoms with Crippen LogP contribution in [0.3, 0.4) is 0 Å². The van der Waals surface area contributed by atoms with Gasteiger partial charge in [0, 0.05) is 16.7 Å². The van der Waals surface area contributed by atoms with E-state index >= 15 is 0 Å². The number of nitrogens with one attached hydrogen (secondary N) is 2. The summed E-state index contributed by atoms with van der Waals surface area (Å²) in [7, 11) is 0. The minimum absolute atomic E-state index is 0.0486. The molecular formula is C19H15N3O6. The highest BCUT2D eigenvalue weighted by Gasteiger charge is 2.20. The molecule has 1 amide bonds. The predicted molar refractivity (Wildman–Crippen MR) is 97.0 cm³/mol. The number of hydrogen-bond acceptors (Lipinski definition) is 5. The molecule has 28 heavy (non-hydrogen) atoms. The van der Waals surface area contributed by atoms with Crippen molar-refractivity contribution in [2.24, 2.45) is 0 Å². The van der Waals surface area contributed by atoms with E-state index in [4.69, 9.17) is 5.21 Å². The zero-order valence-corrected chi connectivity index (χ0v) is 14.3. The third kappa shape index (κ3) is 3.74. The third-order valence-corrected chi connectivity index (χ3v) is 4.11. The van der Waals surface area contributed by atoms with Crippen LogP contribution in [0.5, 0.6) is 0 Å². The van der Waals surface area contributed by atoms with Crippen LogP contribution in [0, 0.1) is 0 Å². The molecule has 0 unspecified atom stereocenters. The van der Waals surface area contributed by atoms with Crippen LogP contribution in [0.4, 0.5) is 0 Å². The van der Waals surface area contributed by atoms with E-state index in [-0.39, 0.29) is 17.5 Å². The number of carboxylic acid groups (broad SMARTS) is 2. The number of carboxylic acids is 2. The molecule has 3 aromatic rings. The maximum atomic E-state index is 11.8. The minimum atomic E-state index is -1.11. The SMILES string of the molecule is O=C(Cc1c(-c2cccc(C(=O)O)c2)n[nH]c1-c1cccc(C(=O)O)c1)NO. The van der Waals surface area contributed by atoms with E-state index in [1.807, 2.05) is 0 Å². The van der Waals surface area contributed by atoms with E-state index in [9.17, 15) is 24.6 Å². The average molecular weight is 381 g/mol. The molecule has 142 valence electrons. The Morgan fingerprint density at radius 1 is 0.929 bits per heavy atom. The normalized spacial score (nSPS) is 10.5. The molecule has 0 radical (unpaired) electrons. The summed E-state index contributed by atoms with van der Waals surface area (Å²) in [5.41, 5.74) is 3.69. The van der Waals surface area contributed by atoms with Gasteiger partial charge >= 0.3 is 11.9 Å². The summed E-state index contributed by atoms with van der Waals surface area (Å²) in [4.78, 5) is 34.3. The van der Waals surface area contributed by atoms with Gasteiger partial charge in [0.15, 0.2) is 0 Å². The second-order valence-electron chi connectivity index (χ2n) is 5.91. The zero-order chi connectivity index (χ0) is 20.3. The maximum Gasteiger partial charge on any atom is 0.335 e. The van der Waals surface area contributed by atoms with Crippen molar-refractivity contribution in [3.05, 3.63) is 65.2 Å². The van der Waals surface area contributed by atoms with Crippen LogP contribution in [-0.2, 0) is 11.2 Å². The van der Waals surface area contributed by atoms with Crippen molar-refractivity contribution in [1.82, 2.24) is 15.7 Å². The number of aromatic carboxylic acids is 2. The second-order valence-corrected chi connectivity index (χ2v) is 5.91. The van der Waals surface area contributed by atoms with E-state index in [1.165, 1.54) is 24.3 Å². The summed E-state index contributed by atoms with van der Waals surface area (Å²) in [6.45, 7) is 0. The number of aromatic amines is 1. The minimum Gasteiger partial charge on any atom is -0.478 e. The highest BCUT2D eigenvalue weighted by molar-refractivity contribution is 5.92. The van der Waals surface area contributed by atoms with Crippen LogP contribution in [0.25, 0.3) is 22.5 Å². The van der Waals surface area contributed by atoms with E-state index in [0.29, 0.717) is 28.1 Å². The molecule has 1 heterocycles. The Hall–Kier alpha value is -3.98. The van der Waals surface area contributed by atoms with E-state index in [2.05, 4.69) is 10.2 Å². The van der Waals surface area contributed by atoms with Crippen molar-refractivity contribution >= 4 is 17.8 Å². The van der Waals surface area contributed by atoms with Crippen LogP contribution in [-0.4, -0.2) is 43.5 Å². The number of benzene rings is 2. The first-order valence-electron chi connectivity index (χ1n) is 8.08. The smallest absolute Gasteiger partial charge is 0.335 e. The van der Waals surface area contributed by atoms with Gasteiger partial charge in [0.1, 0.15) is 0 Å². The number of amides is 1. The fourth-order valence-electron chi connectivity index (χ4n) is 2.82. The Morgan fingerprint density at radius 2 is 1.50 bits per heavy atom. The lowest BCUT2D eigenvalue weighted by Gasteiger charge is -2.07. The van der Waals surface area contributed by atoms with Crippen LogP contribution < -0.4 is 5.48 Å². The van der Waals surface area contributed by atoms with Crippen molar-refractivity contribution in [1.29, 1.82) is 0 Å². The van der Waals surface area contributed by atoms with E-state index in [0.717, 1.165) is 0 Å². The Bertz CT molecular complexity index is 998. The van der Waals surface area contributed by atoms with Gasteiger partial charge < -0.3 is 10.2 Å². The Kier molecular flexibility index (Phi) is 5.18. The molecule has 0 aliphatic carbocycles. The van der Waals surface area contributed by atoms with Gasteiger partial charge in [-0.15, -0.1) is 0 Å².